The van der Waals surface area contributed by atoms with Gasteiger partial charge < -0.3 is 24.2 Å². The van der Waals surface area contributed by atoms with E-state index in [1.165, 1.54) is 10.4 Å². The summed E-state index contributed by atoms with van der Waals surface area (Å²) in [5.74, 6) is 0.843. The lowest BCUT2D eigenvalue weighted by atomic mass is 10.0. The second-order valence-corrected chi connectivity index (χ2v) is 11.1. The van der Waals surface area contributed by atoms with Gasteiger partial charge in [0.15, 0.2) is 11.5 Å². The number of hydrogen-bond donors (Lipinski definition) is 1. The molecule has 2 aromatic carbocycles. The van der Waals surface area contributed by atoms with Crippen LogP contribution in [0.2, 0.25) is 0 Å². The maximum absolute atomic E-state index is 13.5. The molecule has 0 saturated carbocycles. The quantitative estimate of drug-likeness (QED) is 0.629. The number of benzene rings is 2. The molecule has 1 amide bonds. The van der Waals surface area contributed by atoms with Gasteiger partial charge in [-0.3, -0.25) is 4.79 Å². The van der Waals surface area contributed by atoms with Gasteiger partial charge in [-0.25, -0.2) is 8.42 Å². The molecule has 0 unspecified atom stereocenters. The lowest BCUT2D eigenvalue weighted by Gasteiger charge is -2.37. The van der Waals surface area contributed by atoms with Crippen molar-refractivity contribution in [2.75, 3.05) is 33.5 Å². The zero-order valence-corrected chi connectivity index (χ0v) is 21.7. The summed E-state index contributed by atoms with van der Waals surface area (Å²) in [6.45, 7) is 5.60. The molecule has 2 aromatic rings. The van der Waals surface area contributed by atoms with Gasteiger partial charge in [0.25, 0.3) is 5.91 Å². The van der Waals surface area contributed by atoms with Crippen molar-refractivity contribution in [3.63, 3.8) is 0 Å². The highest BCUT2D eigenvalue weighted by Gasteiger charge is 2.38. The number of carbonyl (C=O) groups is 1. The number of ether oxygens (including phenoxy) is 3. The van der Waals surface area contributed by atoms with Crippen LogP contribution in [0.3, 0.4) is 0 Å². The molecule has 2 aliphatic heterocycles. The van der Waals surface area contributed by atoms with Gasteiger partial charge in [-0.1, -0.05) is 25.1 Å². The molecule has 0 spiro atoms. The number of amides is 1. The molecular weight excluding hydrogens is 484 g/mol. The Labute approximate surface area is 211 Å². The van der Waals surface area contributed by atoms with E-state index in [9.17, 15) is 18.3 Å². The average molecular weight is 517 g/mol. The van der Waals surface area contributed by atoms with Crippen LogP contribution in [0.15, 0.2) is 47.4 Å². The number of fused-ring (bicyclic) bond motifs is 2. The number of rotatable bonds is 6. The van der Waals surface area contributed by atoms with Gasteiger partial charge in [-0.15, -0.1) is 0 Å². The molecule has 3 atom stereocenters. The molecule has 0 aromatic heterocycles. The van der Waals surface area contributed by atoms with E-state index in [1.807, 2.05) is 26.0 Å². The van der Waals surface area contributed by atoms with E-state index in [0.717, 1.165) is 5.56 Å². The first-order valence-electron chi connectivity index (χ1n) is 11.9. The fourth-order valence-electron chi connectivity index (χ4n) is 4.36. The highest BCUT2D eigenvalue weighted by atomic mass is 32.2. The third kappa shape index (κ3) is 5.07. The highest BCUT2D eigenvalue weighted by Crippen LogP contribution is 2.35. The minimum absolute atomic E-state index is 0.0395. The van der Waals surface area contributed by atoms with Crippen LogP contribution < -0.4 is 14.2 Å². The number of sulfonamides is 1. The van der Waals surface area contributed by atoms with Crippen molar-refractivity contribution in [3.05, 3.63) is 53.6 Å². The Bertz CT molecular complexity index is 1260. The fourth-order valence-corrected chi connectivity index (χ4v) is 6.18. The number of likely N-dealkylation sites (N-methyl/N-ethyl adjacent to an activating group) is 1. The van der Waals surface area contributed by atoms with Crippen LogP contribution in [0, 0.1) is 5.92 Å². The SMILES string of the molecule is C/C=C/c1ccc2c(c1)O[C@H](CN(C)C(=O)c1ccc3c(c1)OCO3)[C@H](C)CN([C@H](C)CO)S2(=O)=O. The molecule has 0 fully saturated rings. The fraction of sp³-hybridized carbons (Fsp3) is 0.423. The number of aliphatic hydroxyl groups excluding tert-OH is 1. The van der Waals surface area contributed by atoms with Crippen LogP contribution in [0.1, 0.15) is 36.7 Å². The molecule has 0 saturated heterocycles. The second-order valence-electron chi connectivity index (χ2n) is 9.20. The van der Waals surface area contributed by atoms with Gasteiger partial charge in [0.2, 0.25) is 16.8 Å². The number of allylic oxidation sites excluding steroid dienone is 1. The summed E-state index contributed by atoms with van der Waals surface area (Å²) in [6, 6.07) is 9.37. The summed E-state index contributed by atoms with van der Waals surface area (Å²) in [7, 11) is -2.23. The van der Waals surface area contributed by atoms with Gasteiger partial charge in [0.05, 0.1) is 13.2 Å². The van der Waals surface area contributed by atoms with Crippen molar-refractivity contribution < 1.29 is 32.5 Å². The van der Waals surface area contributed by atoms with Crippen LogP contribution in [0.25, 0.3) is 6.08 Å². The number of aliphatic hydroxyl groups is 1. The van der Waals surface area contributed by atoms with E-state index >= 15 is 0 Å². The van der Waals surface area contributed by atoms with E-state index in [2.05, 4.69) is 0 Å². The molecule has 10 heteroatoms. The minimum atomic E-state index is -3.92. The smallest absolute Gasteiger partial charge is 0.253 e. The van der Waals surface area contributed by atoms with Crippen molar-refractivity contribution >= 4 is 22.0 Å². The third-order valence-corrected chi connectivity index (χ3v) is 8.49. The summed E-state index contributed by atoms with van der Waals surface area (Å²) in [5.41, 5.74) is 1.25. The Morgan fingerprint density at radius 2 is 1.94 bits per heavy atom. The maximum Gasteiger partial charge on any atom is 0.253 e. The van der Waals surface area contributed by atoms with Gasteiger partial charge in [-0.05, 0) is 49.7 Å². The first-order chi connectivity index (χ1) is 17.1. The molecule has 4 rings (SSSR count). The monoisotopic (exact) mass is 516 g/mol. The van der Waals surface area contributed by atoms with E-state index in [0.29, 0.717) is 17.1 Å². The standard InChI is InChI=1S/C26H32N2O7S/c1-5-6-19-7-10-25-23(11-19)35-24(17(2)13-28(18(3)15-29)36(25,31)32)14-27(4)26(30)20-8-9-21-22(12-20)34-16-33-21/h5-12,17-18,24,29H,13-16H2,1-4H3/b6-5+/t17-,18-,24-/m1/s1. The van der Waals surface area contributed by atoms with Gasteiger partial charge in [-0.2, -0.15) is 4.31 Å². The van der Waals surface area contributed by atoms with Crippen molar-refractivity contribution in [2.45, 2.75) is 37.8 Å². The zero-order valence-electron chi connectivity index (χ0n) is 20.9. The molecule has 2 heterocycles. The number of hydrogen-bond acceptors (Lipinski definition) is 7. The molecule has 194 valence electrons. The topological polar surface area (TPSA) is 106 Å². The Hall–Kier alpha value is -3.08. The molecule has 9 nitrogen and oxygen atoms in total. The summed E-state index contributed by atoms with van der Waals surface area (Å²) in [4.78, 5) is 14.8. The van der Waals surface area contributed by atoms with Gasteiger partial charge in [0, 0.05) is 31.1 Å². The van der Waals surface area contributed by atoms with E-state index in [1.54, 1.807) is 49.2 Å². The van der Waals surface area contributed by atoms with E-state index < -0.39 is 22.2 Å². The number of carbonyl (C=O) groups excluding carboxylic acids is 1. The Morgan fingerprint density at radius 1 is 1.19 bits per heavy atom. The van der Waals surface area contributed by atoms with E-state index in [-0.39, 0.29) is 49.0 Å². The van der Waals surface area contributed by atoms with Crippen LogP contribution in [0.4, 0.5) is 0 Å². The molecule has 2 aliphatic rings. The first kappa shape index (κ1) is 26.0. The summed E-state index contributed by atoms with van der Waals surface area (Å²) >= 11 is 0. The van der Waals surface area contributed by atoms with Crippen molar-refractivity contribution in [2.24, 2.45) is 5.92 Å². The lowest BCUT2D eigenvalue weighted by Crippen LogP contribution is -2.50. The van der Waals surface area contributed by atoms with E-state index in [4.69, 9.17) is 14.2 Å². The van der Waals surface area contributed by atoms with Gasteiger partial charge in [0.1, 0.15) is 16.7 Å². The van der Waals surface area contributed by atoms with Crippen LogP contribution >= 0.6 is 0 Å². The predicted octanol–water partition coefficient (Wildman–Crippen LogP) is 2.99. The molecule has 36 heavy (non-hydrogen) atoms. The zero-order chi connectivity index (χ0) is 26.0. The first-order valence-corrected chi connectivity index (χ1v) is 13.3. The summed E-state index contributed by atoms with van der Waals surface area (Å²) in [5, 5.41) is 9.79. The van der Waals surface area contributed by atoms with Crippen molar-refractivity contribution in [3.8, 4) is 17.2 Å². The molecule has 0 aliphatic carbocycles. The maximum atomic E-state index is 13.5. The van der Waals surface area contributed by atoms with Crippen molar-refractivity contribution in [1.82, 2.24) is 9.21 Å². The van der Waals surface area contributed by atoms with Crippen LogP contribution in [-0.2, 0) is 10.0 Å². The molecular formula is C26H32N2O7S. The lowest BCUT2D eigenvalue weighted by molar-refractivity contribution is 0.0563. The Morgan fingerprint density at radius 3 is 2.67 bits per heavy atom. The second kappa shape index (κ2) is 10.5. The molecule has 0 radical (unpaired) electrons. The normalized spacial score (nSPS) is 21.8. The predicted molar refractivity (Wildman–Crippen MR) is 135 cm³/mol. The average Bonchev–Trinajstić information content (AvgIpc) is 3.33. The molecule has 1 N–H and O–H groups in total. The molecule has 0 bridgehead atoms. The Kier molecular flexibility index (Phi) is 7.58. The van der Waals surface area contributed by atoms with Crippen LogP contribution in [-0.4, -0.2) is 74.3 Å². The summed E-state index contributed by atoms with van der Waals surface area (Å²) in [6.07, 6.45) is 3.21. The largest absolute Gasteiger partial charge is 0.487 e. The van der Waals surface area contributed by atoms with Crippen molar-refractivity contribution in [1.29, 1.82) is 0 Å². The van der Waals surface area contributed by atoms with Crippen LogP contribution in [0.5, 0.6) is 17.2 Å². The third-order valence-electron chi connectivity index (χ3n) is 6.47. The Balaban J connectivity index is 1.66. The minimum Gasteiger partial charge on any atom is -0.487 e. The summed E-state index contributed by atoms with van der Waals surface area (Å²) < 4.78 is 45.4. The highest BCUT2D eigenvalue weighted by molar-refractivity contribution is 7.89. The van der Waals surface area contributed by atoms with Gasteiger partial charge >= 0.3 is 0 Å². The number of nitrogens with zero attached hydrogens (tertiary/aromatic N) is 2.